The normalized spacial score (nSPS) is 22.6. The summed E-state index contributed by atoms with van der Waals surface area (Å²) in [5.41, 5.74) is 6.78. The Hall–Kier alpha value is -2.63. The van der Waals surface area contributed by atoms with Gasteiger partial charge >= 0.3 is 0 Å². The lowest BCUT2D eigenvalue weighted by atomic mass is 9.81. The van der Waals surface area contributed by atoms with E-state index < -0.39 is 0 Å². The summed E-state index contributed by atoms with van der Waals surface area (Å²) in [5, 5.41) is 0. The predicted molar refractivity (Wildman–Crippen MR) is 97.2 cm³/mol. The van der Waals surface area contributed by atoms with Gasteiger partial charge in [-0.15, -0.1) is 0 Å². The number of benzene rings is 1. The molecule has 1 aromatic carbocycles. The van der Waals surface area contributed by atoms with E-state index in [-0.39, 0.29) is 17.4 Å². The zero-order valence-electron chi connectivity index (χ0n) is 14.4. The van der Waals surface area contributed by atoms with Gasteiger partial charge in [0.15, 0.2) is 0 Å². The van der Waals surface area contributed by atoms with Gasteiger partial charge in [0.25, 0.3) is 0 Å². The minimum absolute atomic E-state index is 0.0209. The Morgan fingerprint density at radius 3 is 2.56 bits per heavy atom. The van der Waals surface area contributed by atoms with Crippen molar-refractivity contribution < 1.29 is 4.79 Å². The van der Waals surface area contributed by atoms with Crippen LogP contribution in [0.4, 0.5) is 11.8 Å². The molecule has 130 valence electrons. The van der Waals surface area contributed by atoms with E-state index in [0.717, 1.165) is 43.7 Å². The molecule has 2 aliphatic heterocycles. The van der Waals surface area contributed by atoms with Crippen molar-refractivity contribution in [1.29, 1.82) is 0 Å². The third-order valence-corrected chi connectivity index (χ3v) is 5.80. The maximum atomic E-state index is 12.9. The first-order valence-electron chi connectivity index (χ1n) is 8.75. The number of anilines is 2. The summed E-state index contributed by atoms with van der Waals surface area (Å²) in [6, 6.07) is 12.0. The monoisotopic (exact) mass is 337 g/mol. The molecule has 2 saturated heterocycles. The van der Waals surface area contributed by atoms with Crippen molar-refractivity contribution in [2.45, 2.75) is 30.7 Å². The number of carbonyl (C=O) groups is 1. The van der Waals surface area contributed by atoms with Gasteiger partial charge in [0.2, 0.25) is 11.9 Å². The number of hydrogen-bond acceptors (Lipinski definition) is 5. The molecule has 25 heavy (non-hydrogen) atoms. The van der Waals surface area contributed by atoms with E-state index in [2.05, 4.69) is 27.0 Å². The van der Waals surface area contributed by atoms with Gasteiger partial charge in [0, 0.05) is 31.9 Å². The highest BCUT2D eigenvalue weighted by atomic mass is 16.2. The van der Waals surface area contributed by atoms with Crippen LogP contribution in [-0.4, -0.2) is 46.5 Å². The lowest BCUT2D eigenvalue weighted by molar-refractivity contribution is -0.131. The molecule has 0 saturated carbocycles. The molecule has 2 aliphatic rings. The topological polar surface area (TPSA) is 75.4 Å². The number of likely N-dealkylation sites (tertiary alicyclic amines) is 1. The quantitative estimate of drug-likeness (QED) is 0.908. The number of aromatic nitrogens is 2. The second kappa shape index (κ2) is 6.02. The van der Waals surface area contributed by atoms with Gasteiger partial charge in [0.05, 0.1) is 5.92 Å². The molecule has 0 radical (unpaired) electrons. The van der Waals surface area contributed by atoms with E-state index in [9.17, 15) is 4.79 Å². The van der Waals surface area contributed by atoms with E-state index in [4.69, 9.17) is 5.73 Å². The average Bonchev–Trinajstić information content (AvgIpc) is 2.89. The first kappa shape index (κ1) is 15.9. The zero-order chi connectivity index (χ0) is 17.4. The van der Waals surface area contributed by atoms with Crippen LogP contribution in [0.3, 0.4) is 0 Å². The molecule has 2 aromatic rings. The summed E-state index contributed by atoms with van der Waals surface area (Å²) >= 11 is 0. The van der Waals surface area contributed by atoms with Crippen LogP contribution in [0.25, 0.3) is 0 Å². The van der Waals surface area contributed by atoms with Gasteiger partial charge in [-0.25, -0.2) is 4.98 Å². The highest BCUT2D eigenvalue weighted by molar-refractivity contribution is 5.87. The van der Waals surface area contributed by atoms with Crippen LogP contribution in [0.15, 0.2) is 42.6 Å². The Labute approximate surface area is 147 Å². The Morgan fingerprint density at radius 1 is 1.16 bits per heavy atom. The van der Waals surface area contributed by atoms with Gasteiger partial charge in [-0.3, -0.25) is 4.79 Å². The van der Waals surface area contributed by atoms with Crippen LogP contribution in [0.1, 0.15) is 30.7 Å². The number of amides is 1. The molecule has 3 heterocycles. The van der Waals surface area contributed by atoms with E-state index in [1.807, 2.05) is 36.2 Å². The summed E-state index contributed by atoms with van der Waals surface area (Å²) in [7, 11) is 1.96. The van der Waals surface area contributed by atoms with Crippen molar-refractivity contribution in [2.24, 2.45) is 0 Å². The van der Waals surface area contributed by atoms with E-state index >= 15 is 0 Å². The summed E-state index contributed by atoms with van der Waals surface area (Å²) < 4.78 is 0. The molecule has 2 fully saturated rings. The van der Waals surface area contributed by atoms with E-state index in [0.29, 0.717) is 5.95 Å². The Balaban J connectivity index is 1.51. The summed E-state index contributed by atoms with van der Waals surface area (Å²) in [5.74, 6) is 1.39. The molecule has 0 bridgehead atoms. The summed E-state index contributed by atoms with van der Waals surface area (Å²) in [4.78, 5) is 25.4. The minimum Gasteiger partial charge on any atom is -0.368 e. The molecule has 1 amide bonds. The van der Waals surface area contributed by atoms with Crippen LogP contribution >= 0.6 is 0 Å². The highest BCUT2D eigenvalue weighted by Crippen LogP contribution is 2.45. The van der Waals surface area contributed by atoms with Gasteiger partial charge in [-0.05, 0) is 30.9 Å². The van der Waals surface area contributed by atoms with Crippen molar-refractivity contribution in [3.8, 4) is 0 Å². The van der Waals surface area contributed by atoms with Crippen LogP contribution < -0.4 is 10.6 Å². The average molecular weight is 337 g/mol. The summed E-state index contributed by atoms with van der Waals surface area (Å²) in [6.07, 6.45) is 4.48. The molecular weight excluding hydrogens is 314 g/mol. The molecule has 6 heteroatoms. The number of nitrogens with zero attached hydrogens (tertiary/aromatic N) is 4. The highest BCUT2D eigenvalue weighted by Gasteiger charge is 2.50. The largest absolute Gasteiger partial charge is 0.368 e. The van der Waals surface area contributed by atoms with Crippen LogP contribution in [0.2, 0.25) is 0 Å². The molecule has 6 nitrogen and oxygen atoms in total. The Bertz CT molecular complexity index is 770. The van der Waals surface area contributed by atoms with Crippen LogP contribution in [0, 0.1) is 0 Å². The standard InChI is InChI=1S/C19H23N5O/c1-23-17(25)15(14-5-3-2-4-6-14)13-19(23)8-11-24(12-9-19)16-7-10-21-18(20)22-16/h2-7,10,15H,8-9,11-13H2,1H3,(H2,20,21,22). The fourth-order valence-electron chi connectivity index (χ4n) is 4.25. The van der Waals surface area contributed by atoms with Crippen molar-refractivity contribution in [2.75, 3.05) is 30.8 Å². The molecule has 1 spiro atoms. The van der Waals surface area contributed by atoms with Crippen molar-refractivity contribution in [1.82, 2.24) is 14.9 Å². The molecule has 1 atom stereocenters. The van der Waals surface area contributed by atoms with E-state index in [1.54, 1.807) is 6.20 Å². The SMILES string of the molecule is CN1C(=O)C(c2ccccc2)CC12CCN(c1ccnc(N)n1)CC2. The molecule has 1 unspecified atom stereocenters. The fraction of sp³-hybridized carbons (Fsp3) is 0.421. The molecule has 0 aliphatic carbocycles. The molecule has 4 rings (SSSR count). The molecule has 1 aromatic heterocycles. The number of rotatable bonds is 2. The third-order valence-electron chi connectivity index (χ3n) is 5.80. The van der Waals surface area contributed by atoms with E-state index in [1.165, 1.54) is 0 Å². The van der Waals surface area contributed by atoms with Gasteiger partial charge < -0.3 is 15.5 Å². The first-order chi connectivity index (χ1) is 12.1. The summed E-state index contributed by atoms with van der Waals surface area (Å²) in [6.45, 7) is 1.74. The smallest absolute Gasteiger partial charge is 0.230 e. The molecule has 2 N–H and O–H groups in total. The van der Waals surface area contributed by atoms with Crippen molar-refractivity contribution >= 4 is 17.7 Å². The Kier molecular flexibility index (Phi) is 3.82. The van der Waals surface area contributed by atoms with Crippen molar-refractivity contribution in [3.63, 3.8) is 0 Å². The Morgan fingerprint density at radius 2 is 1.88 bits per heavy atom. The minimum atomic E-state index is -0.0489. The zero-order valence-corrected chi connectivity index (χ0v) is 14.4. The first-order valence-corrected chi connectivity index (χ1v) is 8.75. The number of hydrogen-bond donors (Lipinski definition) is 1. The maximum Gasteiger partial charge on any atom is 0.230 e. The van der Waals surface area contributed by atoms with Crippen LogP contribution in [-0.2, 0) is 4.79 Å². The maximum absolute atomic E-state index is 12.9. The van der Waals surface area contributed by atoms with Gasteiger partial charge in [-0.1, -0.05) is 30.3 Å². The lowest BCUT2D eigenvalue weighted by Crippen LogP contribution is -2.51. The predicted octanol–water partition coefficient (Wildman–Crippen LogP) is 2.04. The van der Waals surface area contributed by atoms with Gasteiger partial charge in [-0.2, -0.15) is 4.98 Å². The molecular formula is C19H23N5O. The number of nitrogen functional groups attached to an aromatic ring is 1. The van der Waals surface area contributed by atoms with Crippen molar-refractivity contribution in [3.05, 3.63) is 48.2 Å². The number of nitrogens with two attached hydrogens (primary N) is 1. The second-order valence-corrected chi connectivity index (χ2v) is 7.05. The second-order valence-electron chi connectivity index (χ2n) is 7.05. The third kappa shape index (κ3) is 2.71. The number of carbonyl (C=O) groups excluding carboxylic acids is 1. The number of piperidine rings is 1. The van der Waals surface area contributed by atoms with Crippen LogP contribution in [0.5, 0.6) is 0 Å². The fourth-order valence-corrected chi connectivity index (χ4v) is 4.25. The number of likely N-dealkylation sites (N-methyl/N-ethyl adjacent to an activating group) is 1. The van der Waals surface area contributed by atoms with Gasteiger partial charge in [0.1, 0.15) is 5.82 Å². The lowest BCUT2D eigenvalue weighted by Gasteiger charge is -2.43.